The van der Waals surface area contributed by atoms with Crippen LogP contribution in [0.4, 0.5) is 0 Å². The van der Waals surface area contributed by atoms with Gasteiger partial charge in [-0.15, -0.1) is 0 Å². The molecule has 0 aliphatic carbocycles. The molecule has 0 unspecified atom stereocenters. The Kier molecular flexibility index (Phi) is 4.79. The van der Waals surface area contributed by atoms with Gasteiger partial charge in [-0.05, 0) is 18.2 Å². The van der Waals surface area contributed by atoms with Gasteiger partial charge in [-0.3, -0.25) is 9.69 Å². The topological polar surface area (TPSA) is 64.0 Å². The largest absolute Gasteiger partial charge is 0.507 e. The Balaban J connectivity index is 2.03. The molecule has 2 rings (SSSR count). The molecule has 19 heavy (non-hydrogen) atoms. The zero-order chi connectivity index (χ0) is 13.8. The van der Waals surface area contributed by atoms with Crippen LogP contribution in [-0.4, -0.2) is 65.3 Å². The van der Waals surface area contributed by atoms with Crippen molar-refractivity contribution in [2.24, 2.45) is 0 Å². The third-order valence-corrected chi connectivity index (χ3v) is 3.76. The van der Waals surface area contributed by atoms with Crippen molar-refractivity contribution in [3.8, 4) is 5.75 Å². The fourth-order valence-corrected chi connectivity index (χ4v) is 2.53. The number of hydrogen-bond donors (Lipinski definition) is 2. The molecule has 0 spiro atoms. The van der Waals surface area contributed by atoms with E-state index in [1.807, 2.05) is 0 Å². The summed E-state index contributed by atoms with van der Waals surface area (Å²) < 4.78 is 0.771. The van der Waals surface area contributed by atoms with Crippen molar-refractivity contribution >= 4 is 21.8 Å². The van der Waals surface area contributed by atoms with E-state index in [9.17, 15) is 9.90 Å². The molecular formula is C13H17BrN2O3. The number of benzene rings is 1. The molecule has 1 aromatic carbocycles. The van der Waals surface area contributed by atoms with Crippen LogP contribution >= 0.6 is 15.9 Å². The number of β-amino-alcohol motifs (C(OH)–C–C–N with tert-alkyl or cyclic N) is 1. The molecule has 1 fully saturated rings. The van der Waals surface area contributed by atoms with Gasteiger partial charge in [0.05, 0.1) is 12.2 Å². The first-order valence-corrected chi connectivity index (χ1v) is 7.02. The van der Waals surface area contributed by atoms with Crippen molar-refractivity contribution in [3.63, 3.8) is 0 Å². The molecule has 5 nitrogen and oxygen atoms in total. The van der Waals surface area contributed by atoms with E-state index < -0.39 is 0 Å². The molecule has 1 amide bonds. The second-order valence-corrected chi connectivity index (χ2v) is 5.43. The molecule has 6 heteroatoms. The van der Waals surface area contributed by atoms with Crippen LogP contribution in [0.15, 0.2) is 22.7 Å². The number of rotatable bonds is 3. The van der Waals surface area contributed by atoms with Crippen LogP contribution in [-0.2, 0) is 0 Å². The van der Waals surface area contributed by atoms with E-state index in [-0.39, 0.29) is 18.3 Å². The number of halogens is 1. The van der Waals surface area contributed by atoms with E-state index in [1.165, 1.54) is 6.07 Å². The van der Waals surface area contributed by atoms with Crippen LogP contribution in [0.25, 0.3) is 0 Å². The SMILES string of the molecule is O=C(c1cc(Br)ccc1O)N1CCN(CCO)CC1. The molecular weight excluding hydrogens is 312 g/mol. The second-order valence-electron chi connectivity index (χ2n) is 4.52. The zero-order valence-electron chi connectivity index (χ0n) is 10.5. The minimum Gasteiger partial charge on any atom is -0.507 e. The molecule has 0 bridgehead atoms. The summed E-state index contributed by atoms with van der Waals surface area (Å²) in [4.78, 5) is 16.2. The highest BCUT2D eigenvalue weighted by Gasteiger charge is 2.23. The normalized spacial score (nSPS) is 16.6. The highest BCUT2D eigenvalue weighted by atomic mass is 79.9. The van der Waals surface area contributed by atoms with Gasteiger partial charge in [0.15, 0.2) is 0 Å². The number of aromatic hydroxyl groups is 1. The van der Waals surface area contributed by atoms with E-state index in [4.69, 9.17) is 5.11 Å². The minimum absolute atomic E-state index is 0.00554. The number of phenols is 1. The Hall–Kier alpha value is -1.11. The summed E-state index contributed by atoms with van der Waals surface area (Å²) in [6.07, 6.45) is 0. The second kappa shape index (κ2) is 6.36. The van der Waals surface area contributed by atoms with Gasteiger partial charge < -0.3 is 15.1 Å². The highest BCUT2D eigenvalue weighted by molar-refractivity contribution is 9.10. The fourth-order valence-electron chi connectivity index (χ4n) is 2.17. The molecule has 0 aromatic heterocycles. The smallest absolute Gasteiger partial charge is 0.257 e. The summed E-state index contributed by atoms with van der Waals surface area (Å²) in [6, 6.07) is 4.85. The lowest BCUT2D eigenvalue weighted by atomic mass is 10.1. The fraction of sp³-hybridized carbons (Fsp3) is 0.462. The summed E-state index contributed by atoms with van der Waals surface area (Å²) >= 11 is 3.30. The summed E-state index contributed by atoms with van der Waals surface area (Å²) in [7, 11) is 0. The van der Waals surface area contributed by atoms with Gasteiger partial charge in [0.25, 0.3) is 5.91 Å². The van der Waals surface area contributed by atoms with Crippen LogP contribution in [0, 0.1) is 0 Å². The number of hydrogen-bond acceptors (Lipinski definition) is 4. The first kappa shape index (κ1) is 14.3. The van der Waals surface area contributed by atoms with Gasteiger partial charge in [0.2, 0.25) is 0 Å². The number of piperazine rings is 1. The van der Waals surface area contributed by atoms with Crippen molar-refractivity contribution in [1.82, 2.24) is 9.80 Å². The Morgan fingerprint density at radius 2 is 1.95 bits per heavy atom. The Bertz CT molecular complexity index is 459. The van der Waals surface area contributed by atoms with Crippen molar-refractivity contribution in [1.29, 1.82) is 0 Å². The maximum absolute atomic E-state index is 12.3. The molecule has 1 aliphatic heterocycles. The van der Waals surface area contributed by atoms with Crippen LogP contribution in [0.3, 0.4) is 0 Å². The molecule has 0 atom stereocenters. The van der Waals surface area contributed by atoms with Gasteiger partial charge in [0.1, 0.15) is 5.75 Å². The molecule has 1 heterocycles. The standard InChI is InChI=1S/C13H17BrN2O3/c14-10-1-2-12(18)11(9-10)13(19)16-5-3-15(4-6-16)7-8-17/h1-2,9,17-18H,3-8H2. The average Bonchev–Trinajstić information content (AvgIpc) is 2.42. The van der Waals surface area contributed by atoms with Gasteiger partial charge in [-0.25, -0.2) is 0 Å². The zero-order valence-corrected chi connectivity index (χ0v) is 12.1. The molecule has 1 saturated heterocycles. The van der Waals surface area contributed by atoms with Crippen molar-refractivity contribution in [2.45, 2.75) is 0 Å². The summed E-state index contributed by atoms with van der Waals surface area (Å²) in [5.74, 6) is -0.145. The van der Waals surface area contributed by atoms with Crippen LogP contribution in [0.2, 0.25) is 0 Å². The number of aliphatic hydroxyl groups is 1. The van der Waals surface area contributed by atoms with Crippen LogP contribution in [0.1, 0.15) is 10.4 Å². The molecule has 1 aliphatic rings. The monoisotopic (exact) mass is 328 g/mol. The van der Waals surface area contributed by atoms with E-state index in [1.54, 1.807) is 17.0 Å². The third-order valence-electron chi connectivity index (χ3n) is 3.26. The molecule has 0 saturated carbocycles. The average molecular weight is 329 g/mol. The number of carbonyl (C=O) groups is 1. The van der Waals surface area contributed by atoms with E-state index in [2.05, 4.69) is 20.8 Å². The van der Waals surface area contributed by atoms with E-state index in [0.29, 0.717) is 25.2 Å². The predicted octanol–water partition coefficient (Wildman–Crippen LogP) is 0.905. The number of nitrogens with zero attached hydrogens (tertiary/aromatic N) is 2. The quantitative estimate of drug-likeness (QED) is 0.865. The Labute approximate surface area is 120 Å². The third kappa shape index (κ3) is 3.46. The Morgan fingerprint density at radius 3 is 2.58 bits per heavy atom. The first-order valence-electron chi connectivity index (χ1n) is 6.23. The highest BCUT2D eigenvalue weighted by Crippen LogP contribution is 2.23. The molecule has 0 radical (unpaired) electrons. The van der Waals surface area contributed by atoms with Crippen molar-refractivity contribution < 1.29 is 15.0 Å². The maximum Gasteiger partial charge on any atom is 0.257 e. The summed E-state index contributed by atoms with van der Waals surface area (Å²) in [5.41, 5.74) is 0.324. The number of carbonyl (C=O) groups excluding carboxylic acids is 1. The predicted molar refractivity (Wildman–Crippen MR) is 75.2 cm³/mol. The number of aliphatic hydroxyl groups excluding tert-OH is 1. The lowest BCUT2D eigenvalue weighted by Gasteiger charge is -2.34. The van der Waals surface area contributed by atoms with Gasteiger partial charge in [-0.1, -0.05) is 15.9 Å². The lowest BCUT2D eigenvalue weighted by molar-refractivity contribution is 0.0612. The van der Waals surface area contributed by atoms with Gasteiger partial charge in [0, 0.05) is 37.2 Å². The van der Waals surface area contributed by atoms with Crippen molar-refractivity contribution in [3.05, 3.63) is 28.2 Å². The van der Waals surface area contributed by atoms with Crippen LogP contribution < -0.4 is 0 Å². The molecule has 104 valence electrons. The Morgan fingerprint density at radius 1 is 1.26 bits per heavy atom. The molecule has 1 aromatic rings. The lowest BCUT2D eigenvalue weighted by Crippen LogP contribution is -2.49. The minimum atomic E-state index is -0.151. The summed E-state index contributed by atoms with van der Waals surface area (Å²) in [5, 5.41) is 18.6. The number of amides is 1. The van der Waals surface area contributed by atoms with Gasteiger partial charge >= 0.3 is 0 Å². The number of phenolic OH excluding ortho intramolecular Hbond substituents is 1. The van der Waals surface area contributed by atoms with E-state index in [0.717, 1.165) is 17.6 Å². The van der Waals surface area contributed by atoms with Gasteiger partial charge in [-0.2, -0.15) is 0 Å². The van der Waals surface area contributed by atoms with Crippen LogP contribution in [0.5, 0.6) is 5.75 Å². The summed E-state index contributed by atoms with van der Waals surface area (Å²) in [6.45, 7) is 3.52. The first-order chi connectivity index (χ1) is 9.11. The van der Waals surface area contributed by atoms with E-state index >= 15 is 0 Å². The maximum atomic E-state index is 12.3. The molecule has 2 N–H and O–H groups in total. The van der Waals surface area contributed by atoms with Crippen molar-refractivity contribution in [2.75, 3.05) is 39.3 Å².